The number of methoxy groups -OCH3 is 1. The van der Waals surface area contributed by atoms with Crippen LogP contribution in [-0.2, 0) is 6.54 Å². The lowest BCUT2D eigenvalue weighted by molar-refractivity contribution is 0.415. The van der Waals surface area contributed by atoms with Crippen molar-refractivity contribution in [1.82, 2.24) is 4.37 Å². The number of hydrogen-bond acceptors (Lipinski definition) is 5. The van der Waals surface area contributed by atoms with Crippen LogP contribution in [0, 0.1) is 11.6 Å². The smallest absolute Gasteiger partial charge is 0.150 e. The predicted molar refractivity (Wildman–Crippen MR) is 148 cm³/mol. The molecule has 0 aliphatic heterocycles. The van der Waals surface area contributed by atoms with Gasteiger partial charge in [0.05, 0.1) is 11.8 Å². The Morgan fingerprint density at radius 2 is 1.46 bits per heavy atom. The van der Waals surface area contributed by atoms with E-state index in [0.29, 0.717) is 18.7 Å². The van der Waals surface area contributed by atoms with Crippen LogP contribution in [0.5, 0.6) is 5.75 Å². The Morgan fingerprint density at radius 3 is 2.11 bits per heavy atom. The zero-order valence-electron chi connectivity index (χ0n) is 20.5. The lowest BCUT2D eigenvalue weighted by atomic mass is 10.0. The third-order valence-corrected chi connectivity index (χ3v) is 7.15. The van der Waals surface area contributed by atoms with Gasteiger partial charge >= 0.3 is 0 Å². The Balaban J connectivity index is 1.44. The van der Waals surface area contributed by atoms with E-state index in [-0.39, 0.29) is 0 Å². The van der Waals surface area contributed by atoms with Crippen molar-refractivity contribution in [3.8, 4) is 28.0 Å². The molecule has 0 bridgehead atoms. The summed E-state index contributed by atoms with van der Waals surface area (Å²) >= 11 is 1.42. The van der Waals surface area contributed by atoms with Gasteiger partial charge in [-0.3, -0.25) is 0 Å². The minimum Gasteiger partial charge on any atom is -0.497 e. The van der Waals surface area contributed by atoms with Gasteiger partial charge in [-0.15, -0.1) is 0 Å². The van der Waals surface area contributed by atoms with Crippen molar-refractivity contribution in [2.75, 3.05) is 25.1 Å². The number of aromatic nitrogens is 1. The molecular weight excluding hydrogens is 488 g/mol. The highest BCUT2D eigenvalue weighted by atomic mass is 32.1. The van der Waals surface area contributed by atoms with Crippen LogP contribution in [0.4, 0.5) is 14.6 Å². The Kier molecular flexibility index (Phi) is 7.44. The summed E-state index contributed by atoms with van der Waals surface area (Å²) in [6, 6.07) is 25.9. The fourth-order valence-corrected chi connectivity index (χ4v) is 5.18. The number of ether oxygens (including phenoxy) is 1. The van der Waals surface area contributed by atoms with Gasteiger partial charge in [-0.05, 0) is 88.7 Å². The van der Waals surface area contributed by atoms with Crippen LogP contribution in [0.1, 0.15) is 12.0 Å². The van der Waals surface area contributed by atoms with Crippen molar-refractivity contribution in [3.63, 3.8) is 0 Å². The second kappa shape index (κ2) is 11.1. The zero-order chi connectivity index (χ0) is 25.8. The fourth-order valence-electron chi connectivity index (χ4n) is 4.40. The van der Waals surface area contributed by atoms with Crippen LogP contribution in [0.3, 0.4) is 0 Å². The topological polar surface area (TPSA) is 51.4 Å². The summed E-state index contributed by atoms with van der Waals surface area (Å²) in [6.07, 6.45) is 0.817. The molecule has 0 amide bonds. The highest BCUT2D eigenvalue weighted by Crippen LogP contribution is 2.35. The Labute approximate surface area is 219 Å². The number of nitrogens with two attached hydrogens (primary N) is 1. The van der Waals surface area contributed by atoms with E-state index in [9.17, 15) is 8.78 Å². The van der Waals surface area contributed by atoms with E-state index in [2.05, 4.69) is 29.2 Å². The van der Waals surface area contributed by atoms with Crippen LogP contribution in [0.25, 0.3) is 32.3 Å². The van der Waals surface area contributed by atoms with Crippen molar-refractivity contribution in [3.05, 3.63) is 102 Å². The van der Waals surface area contributed by atoms with Crippen molar-refractivity contribution < 1.29 is 13.5 Å². The number of anilines is 1. The van der Waals surface area contributed by atoms with E-state index in [1.165, 1.54) is 23.7 Å². The molecule has 0 unspecified atom stereocenters. The standard InChI is InChI=1S/C30H27F2N3OS/c1-36-27-10-7-22(8-11-27)21-5-3-20(4-6-21)19-35(14-2-13-33)30-28-17-23(9-12-29(28)37-34-30)24-15-25(31)18-26(32)16-24/h3-12,15-18H,2,13-14,19,33H2,1H3. The van der Waals surface area contributed by atoms with Crippen molar-refractivity contribution in [2.24, 2.45) is 5.73 Å². The predicted octanol–water partition coefficient (Wildman–Crippen LogP) is 7.27. The van der Waals surface area contributed by atoms with E-state index in [0.717, 1.165) is 62.9 Å². The average molecular weight is 516 g/mol. The highest BCUT2D eigenvalue weighted by Gasteiger charge is 2.16. The summed E-state index contributed by atoms with van der Waals surface area (Å²) in [7, 11) is 1.66. The van der Waals surface area contributed by atoms with Crippen molar-refractivity contribution >= 4 is 27.4 Å². The van der Waals surface area contributed by atoms with Crippen LogP contribution >= 0.6 is 11.5 Å². The maximum atomic E-state index is 13.9. The van der Waals surface area contributed by atoms with E-state index in [1.54, 1.807) is 7.11 Å². The molecule has 0 atom stereocenters. The molecule has 1 aromatic heterocycles. The van der Waals surface area contributed by atoms with Gasteiger partial charge in [0.2, 0.25) is 0 Å². The first-order valence-corrected chi connectivity index (χ1v) is 12.9. The maximum Gasteiger partial charge on any atom is 0.150 e. The van der Waals surface area contributed by atoms with Gasteiger partial charge < -0.3 is 15.4 Å². The number of fused-ring (bicyclic) bond motifs is 1. The summed E-state index contributed by atoms with van der Waals surface area (Å²) in [4.78, 5) is 2.23. The average Bonchev–Trinajstić information content (AvgIpc) is 3.34. The third-order valence-electron chi connectivity index (χ3n) is 6.33. The molecule has 5 aromatic rings. The molecule has 7 heteroatoms. The second-order valence-corrected chi connectivity index (χ2v) is 9.67. The molecule has 5 rings (SSSR count). The molecule has 37 heavy (non-hydrogen) atoms. The van der Waals surface area contributed by atoms with Gasteiger partial charge in [-0.1, -0.05) is 42.5 Å². The largest absolute Gasteiger partial charge is 0.497 e. The molecule has 2 N–H and O–H groups in total. The van der Waals surface area contributed by atoms with Gasteiger partial charge in [-0.25, -0.2) is 8.78 Å². The zero-order valence-corrected chi connectivity index (χ0v) is 21.3. The first-order chi connectivity index (χ1) is 18.0. The number of nitrogens with zero attached hydrogens (tertiary/aromatic N) is 2. The minimum absolute atomic E-state index is 0.499. The van der Waals surface area contributed by atoms with E-state index in [1.807, 2.05) is 42.5 Å². The second-order valence-electron chi connectivity index (χ2n) is 8.86. The Bertz CT molecular complexity index is 1480. The first-order valence-electron chi connectivity index (χ1n) is 12.1. The fraction of sp³-hybridized carbons (Fsp3) is 0.167. The molecule has 0 aliphatic carbocycles. The Morgan fingerprint density at radius 1 is 0.811 bits per heavy atom. The molecule has 0 aliphatic rings. The van der Waals surface area contributed by atoms with Crippen molar-refractivity contribution in [1.29, 1.82) is 0 Å². The van der Waals surface area contributed by atoms with Gasteiger partial charge in [-0.2, -0.15) is 4.37 Å². The molecule has 1 heterocycles. The Hall–Kier alpha value is -3.81. The summed E-state index contributed by atoms with van der Waals surface area (Å²) in [5, 5.41) is 0.957. The van der Waals surface area contributed by atoms with Gasteiger partial charge in [0.15, 0.2) is 0 Å². The molecule has 0 spiro atoms. The van der Waals surface area contributed by atoms with E-state index < -0.39 is 11.6 Å². The minimum atomic E-state index is -0.596. The lowest BCUT2D eigenvalue weighted by Gasteiger charge is -2.23. The molecule has 0 saturated heterocycles. The van der Waals surface area contributed by atoms with E-state index >= 15 is 0 Å². The van der Waals surface area contributed by atoms with Gasteiger partial charge in [0, 0.05) is 24.5 Å². The number of rotatable bonds is 9. The number of benzene rings is 4. The molecule has 4 nitrogen and oxygen atoms in total. The summed E-state index contributed by atoms with van der Waals surface area (Å²) in [5.41, 5.74) is 10.5. The summed E-state index contributed by atoms with van der Waals surface area (Å²) < 4.78 is 38.7. The van der Waals surface area contributed by atoms with Crippen LogP contribution < -0.4 is 15.4 Å². The van der Waals surface area contributed by atoms with Crippen LogP contribution in [0.2, 0.25) is 0 Å². The molecular formula is C30H27F2N3OS. The third kappa shape index (κ3) is 5.63. The molecule has 0 saturated carbocycles. The van der Waals surface area contributed by atoms with Crippen LogP contribution in [0.15, 0.2) is 84.9 Å². The van der Waals surface area contributed by atoms with Crippen LogP contribution in [-0.4, -0.2) is 24.6 Å². The van der Waals surface area contributed by atoms with Gasteiger partial charge in [0.1, 0.15) is 23.2 Å². The molecule has 188 valence electrons. The highest BCUT2D eigenvalue weighted by molar-refractivity contribution is 7.13. The molecule has 0 fully saturated rings. The monoisotopic (exact) mass is 515 g/mol. The quantitative estimate of drug-likeness (QED) is 0.224. The van der Waals surface area contributed by atoms with E-state index in [4.69, 9.17) is 14.8 Å². The maximum absolute atomic E-state index is 13.9. The lowest BCUT2D eigenvalue weighted by Crippen LogP contribution is -2.26. The molecule has 0 radical (unpaired) electrons. The first kappa shape index (κ1) is 24.9. The molecule has 4 aromatic carbocycles. The number of hydrogen-bond donors (Lipinski definition) is 1. The SMILES string of the molecule is COc1ccc(-c2ccc(CN(CCCN)c3nsc4ccc(-c5cc(F)cc(F)c5)cc34)cc2)cc1. The van der Waals surface area contributed by atoms with Crippen molar-refractivity contribution in [2.45, 2.75) is 13.0 Å². The van der Waals surface area contributed by atoms with Gasteiger partial charge in [0.25, 0.3) is 0 Å². The number of halogens is 2. The normalized spacial score (nSPS) is 11.1. The summed E-state index contributed by atoms with van der Waals surface area (Å²) in [5.74, 6) is 0.492. The summed E-state index contributed by atoms with van der Waals surface area (Å²) in [6.45, 7) is 1.98.